The lowest BCUT2D eigenvalue weighted by molar-refractivity contribution is 0.112. The van der Waals surface area contributed by atoms with Gasteiger partial charge in [-0.3, -0.25) is 4.79 Å². The SMILES string of the molecule is CCC(CC)CN(CC)c1cc(Cl)ccc1C=O. The molecule has 0 N–H and O–H groups in total. The molecule has 0 fully saturated rings. The Balaban J connectivity index is 3.00. The second-order valence-electron chi connectivity index (χ2n) is 4.54. The molecular weight excluding hydrogens is 246 g/mol. The molecule has 0 heterocycles. The molecule has 1 aromatic carbocycles. The summed E-state index contributed by atoms with van der Waals surface area (Å²) >= 11 is 6.04. The standard InChI is InChI=1S/C15H22ClNO/c1-4-12(5-2)10-17(6-3)15-9-14(16)8-7-13(15)11-18/h7-9,11-12H,4-6,10H2,1-3H3. The summed E-state index contributed by atoms with van der Waals surface area (Å²) < 4.78 is 0. The number of hydrogen-bond acceptors (Lipinski definition) is 2. The van der Waals surface area contributed by atoms with E-state index in [0.29, 0.717) is 16.5 Å². The van der Waals surface area contributed by atoms with E-state index in [1.54, 1.807) is 12.1 Å². The van der Waals surface area contributed by atoms with Crippen LogP contribution in [-0.4, -0.2) is 19.4 Å². The zero-order chi connectivity index (χ0) is 13.5. The van der Waals surface area contributed by atoms with E-state index in [-0.39, 0.29) is 0 Å². The highest BCUT2D eigenvalue weighted by molar-refractivity contribution is 6.31. The summed E-state index contributed by atoms with van der Waals surface area (Å²) in [6.45, 7) is 8.39. The number of carbonyl (C=O) groups excluding carboxylic acids is 1. The molecule has 0 atom stereocenters. The monoisotopic (exact) mass is 267 g/mol. The van der Waals surface area contributed by atoms with Crippen LogP contribution < -0.4 is 4.90 Å². The first-order valence-electron chi connectivity index (χ1n) is 6.65. The van der Waals surface area contributed by atoms with Gasteiger partial charge in [0.15, 0.2) is 6.29 Å². The Kier molecular flexibility index (Phi) is 6.20. The van der Waals surface area contributed by atoms with Crippen molar-refractivity contribution >= 4 is 23.6 Å². The van der Waals surface area contributed by atoms with E-state index >= 15 is 0 Å². The van der Waals surface area contributed by atoms with Crippen LogP contribution in [0.1, 0.15) is 44.0 Å². The van der Waals surface area contributed by atoms with Crippen molar-refractivity contribution in [1.82, 2.24) is 0 Å². The molecule has 1 rings (SSSR count). The molecule has 0 aliphatic heterocycles. The van der Waals surface area contributed by atoms with Crippen LogP contribution in [0.25, 0.3) is 0 Å². The molecule has 0 aromatic heterocycles. The van der Waals surface area contributed by atoms with Crippen molar-refractivity contribution in [2.75, 3.05) is 18.0 Å². The summed E-state index contributed by atoms with van der Waals surface area (Å²) in [6, 6.07) is 5.44. The summed E-state index contributed by atoms with van der Waals surface area (Å²) in [5.41, 5.74) is 1.67. The molecule has 0 aliphatic rings. The number of hydrogen-bond donors (Lipinski definition) is 0. The average Bonchev–Trinajstić information content (AvgIpc) is 2.40. The van der Waals surface area contributed by atoms with Gasteiger partial charge in [-0.05, 0) is 31.0 Å². The Hall–Kier alpha value is -1.02. The minimum atomic E-state index is 0.656. The Morgan fingerprint density at radius 1 is 1.28 bits per heavy atom. The first-order valence-corrected chi connectivity index (χ1v) is 7.03. The van der Waals surface area contributed by atoms with Crippen molar-refractivity contribution in [2.24, 2.45) is 5.92 Å². The van der Waals surface area contributed by atoms with Gasteiger partial charge in [0.1, 0.15) is 0 Å². The molecule has 2 nitrogen and oxygen atoms in total. The molecule has 0 unspecified atom stereocenters. The summed E-state index contributed by atoms with van der Waals surface area (Å²) in [4.78, 5) is 13.4. The topological polar surface area (TPSA) is 20.3 Å². The third-order valence-electron chi connectivity index (χ3n) is 3.48. The first kappa shape index (κ1) is 15.0. The number of halogens is 1. The maximum Gasteiger partial charge on any atom is 0.152 e. The van der Waals surface area contributed by atoms with E-state index in [2.05, 4.69) is 25.7 Å². The van der Waals surface area contributed by atoms with Crippen LogP contribution in [-0.2, 0) is 0 Å². The molecule has 3 heteroatoms. The highest BCUT2D eigenvalue weighted by Gasteiger charge is 2.14. The Morgan fingerprint density at radius 2 is 1.94 bits per heavy atom. The van der Waals surface area contributed by atoms with Crippen LogP contribution in [0.4, 0.5) is 5.69 Å². The van der Waals surface area contributed by atoms with Gasteiger partial charge in [-0.2, -0.15) is 0 Å². The van der Waals surface area contributed by atoms with E-state index < -0.39 is 0 Å². The fraction of sp³-hybridized carbons (Fsp3) is 0.533. The molecule has 18 heavy (non-hydrogen) atoms. The molecule has 0 saturated carbocycles. The predicted molar refractivity (Wildman–Crippen MR) is 78.8 cm³/mol. The van der Waals surface area contributed by atoms with Gasteiger partial charge in [0.2, 0.25) is 0 Å². The number of anilines is 1. The van der Waals surface area contributed by atoms with Crippen LogP contribution in [0.3, 0.4) is 0 Å². The maximum atomic E-state index is 11.1. The molecule has 0 saturated heterocycles. The highest BCUT2D eigenvalue weighted by Crippen LogP contribution is 2.25. The second-order valence-corrected chi connectivity index (χ2v) is 4.98. The smallest absolute Gasteiger partial charge is 0.152 e. The third-order valence-corrected chi connectivity index (χ3v) is 3.71. The molecule has 1 aromatic rings. The number of benzene rings is 1. The van der Waals surface area contributed by atoms with E-state index in [9.17, 15) is 4.79 Å². The van der Waals surface area contributed by atoms with Gasteiger partial charge in [0.05, 0.1) is 0 Å². The predicted octanol–water partition coefficient (Wildman–Crippen LogP) is 4.42. The zero-order valence-electron chi connectivity index (χ0n) is 11.4. The van der Waals surface area contributed by atoms with Crippen molar-refractivity contribution < 1.29 is 4.79 Å². The van der Waals surface area contributed by atoms with Gasteiger partial charge in [-0.1, -0.05) is 38.3 Å². The van der Waals surface area contributed by atoms with Crippen LogP contribution >= 0.6 is 11.6 Å². The normalized spacial score (nSPS) is 10.7. The van der Waals surface area contributed by atoms with E-state index in [1.807, 2.05) is 6.07 Å². The van der Waals surface area contributed by atoms with E-state index in [1.165, 1.54) is 0 Å². The first-order chi connectivity index (χ1) is 8.65. The average molecular weight is 268 g/mol. The fourth-order valence-corrected chi connectivity index (χ4v) is 2.31. The Morgan fingerprint density at radius 3 is 2.44 bits per heavy atom. The molecular formula is C15H22ClNO. The number of aldehydes is 1. The van der Waals surface area contributed by atoms with Crippen LogP contribution in [0.5, 0.6) is 0 Å². The molecule has 0 amide bonds. The second kappa shape index (κ2) is 7.42. The fourth-order valence-electron chi connectivity index (χ4n) is 2.15. The molecule has 0 bridgehead atoms. The van der Waals surface area contributed by atoms with Crippen molar-refractivity contribution in [3.8, 4) is 0 Å². The van der Waals surface area contributed by atoms with Crippen molar-refractivity contribution in [3.63, 3.8) is 0 Å². The lowest BCUT2D eigenvalue weighted by atomic mass is 10.0. The molecule has 0 radical (unpaired) electrons. The van der Waals surface area contributed by atoms with Gasteiger partial charge in [-0.25, -0.2) is 0 Å². The van der Waals surface area contributed by atoms with E-state index in [4.69, 9.17) is 11.6 Å². The molecule has 0 spiro atoms. The minimum absolute atomic E-state index is 0.656. The molecule has 100 valence electrons. The van der Waals surface area contributed by atoms with Crippen molar-refractivity contribution in [3.05, 3.63) is 28.8 Å². The minimum Gasteiger partial charge on any atom is -0.371 e. The lowest BCUT2D eigenvalue weighted by Gasteiger charge is -2.28. The summed E-state index contributed by atoms with van der Waals surface area (Å²) in [5.74, 6) is 0.656. The maximum absolute atomic E-state index is 11.1. The Labute approximate surface area is 115 Å². The Bertz CT molecular complexity index is 388. The van der Waals surface area contributed by atoms with E-state index in [0.717, 1.165) is 37.9 Å². The van der Waals surface area contributed by atoms with Gasteiger partial charge in [-0.15, -0.1) is 0 Å². The van der Waals surface area contributed by atoms with Gasteiger partial charge in [0, 0.05) is 29.4 Å². The largest absolute Gasteiger partial charge is 0.371 e. The highest BCUT2D eigenvalue weighted by atomic mass is 35.5. The van der Waals surface area contributed by atoms with Gasteiger partial charge < -0.3 is 4.90 Å². The third kappa shape index (κ3) is 3.74. The summed E-state index contributed by atoms with van der Waals surface area (Å²) in [6.07, 6.45) is 3.22. The van der Waals surface area contributed by atoms with Crippen molar-refractivity contribution in [2.45, 2.75) is 33.6 Å². The van der Waals surface area contributed by atoms with Gasteiger partial charge in [0.25, 0.3) is 0 Å². The lowest BCUT2D eigenvalue weighted by Crippen LogP contribution is -2.29. The van der Waals surface area contributed by atoms with Gasteiger partial charge >= 0.3 is 0 Å². The summed E-state index contributed by atoms with van der Waals surface area (Å²) in [5, 5.41) is 0.679. The number of carbonyl (C=O) groups is 1. The van der Waals surface area contributed by atoms with Crippen LogP contribution in [0, 0.1) is 5.92 Å². The van der Waals surface area contributed by atoms with Crippen molar-refractivity contribution in [1.29, 1.82) is 0 Å². The number of nitrogens with zero attached hydrogens (tertiary/aromatic N) is 1. The quantitative estimate of drug-likeness (QED) is 0.682. The number of rotatable bonds is 7. The zero-order valence-corrected chi connectivity index (χ0v) is 12.2. The summed E-state index contributed by atoms with van der Waals surface area (Å²) in [7, 11) is 0. The van der Waals surface area contributed by atoms with Crippen LogP contribution in [0.2, 0.25) is 5.02 Å². The van der Waals surface area contributed by atoms with Crippen LogP contribution in [0.15, 0.2) is 18.2 Å². The molecule has 0 aliphatic carbocycles.